The summed E-state index contributed by atoms with van der Waals surface area (Å²) in [6.45, 7) is 0. The van der Waals surface area contributed by atoms with E-state index in [2.05, 4.69) is 21.0 Å². The number of nitrogens with zero attached hydrogens (tertiary/aromatic N) is 2. The second-order valence-electron chi connectivity index (χ2n) is 2.35. The average Bonchev–Trinajstić information content (AvgIpc) is 2.64. The van der Waals surface area contributed by atoms with E-state index in [-0.39, 0.29) is 0 Å². The summed E-state index contributed by atoms with van der Waals surface area (Å²) >= 11 is 1.53. The lowest BCUT2D eigenvalue weighted by molar-refractivity contribution is 1.03. The fraction of sp³-hybridized carbons (Fsp3) is 0. The molecular formula is C6H8N6S. The Morgan fingerprint density at radius 2 is 1.85 bits per heavy atom. The number of fused-ring (bicyclic) bond motifs is 1. The van der Waals surface area contributed by atoms with Gasteiger partial charge in [0.2, 0.25) is 0 Å². The zero-order valence-corrected chi connectivity index (χ0v) is 7.43. The number of nitrogens with one attached hydrogen (secondary N) is 2. The highest BCUT2D eigenvalue weighted by atomic mass is 32.1. The zero-order valence-electron chi connectivity index (χ0n) is 6.61. The maximum atomic E-state index is 5.27. The summed E-state index contributed by atoms with van der Waals surface area (Å²) in [5.41, 5.74) is 4.95. The number of nitrogens with two attached hydrogens (primary N) is 2. The molecule has 0 saturated heterocycles. The normalized spacial score (nSPS) is 10.3. The molecule has 0 fully saturated rings. The van der Waals surface area contributed by atoms with Gasteiger partial charge in [0, 0.05) is 5.39 Å². The highest BCUT2D eigenvalue weighted by Crippen LogP contribution is 2.29. The lowest BCUT2D eigenvalue weighted by atomic mass is 10.3. The number of aromatic nitrogens is 2. The smallest absolute Gasteiger partial charge is 0.180 e. The first-order valence-corrected chi connectivity index (χ1v) is 4.42. The van der Waals surface area contributed by atoms with Crippen LogP contribution in [0.2, 0.25) is 0 Å². The molecule has 6 nitrogen and oxygen atoms in total. The van der Waals surface area contributed by atoms with Gasteiger partial charge in [0.15, 0.2) is 11.6 Å². The Kier molecular flexibility index (Phi) is 1.97. The first-order valence-electron chi connectivity index (χ1n) is 3.54. The summed E-state index contributed by atoms with van der Waals surface area (Å²) in [4.78, 5) is 0. The van der Waals surface area contributed by atoms with Crippen LogP contribution in [0.3, 0.4) is 0 Å². The molecule has 0 aliphatic rings. The zero-order chi connectivity index (χ0) is 9.26. The molecule has 0 atom stereocenters. The number of hydrogen-bond donors (Lipinski definition) is 4. The molecule has 0 unspecified atom stereocenters. The third-order valence-electron chi connectivity index (χ3n) is 1.66. The van der Waals surface area contributed by atoms with E-state index >= 15 is 0 Å². The molecule has 7 heteroatoms. The lowest BCUT2D eigenvalue weighted by Crippen LogP contribution is -2.13. The van der Waals surface area contributed by atoms with Gasteiger partial charge in [-0.2, -0.15) is 0 Å². The van der Waals surface area contributed by atoms with Gasteiger partial charge in [-0.1, -0.05) is 0 Å². The van der Waals surface area contributed by atoms with Crippen LogP contribution in [0.25, 0.3) is 10.1 Å². The Morgan fingerprint density at radius 1 is 1.15 bits per heavy atom. The molecule has 13 heavy (non-hydrogen) atoms. The summed E-state index contributed by atoms with van der Waals surface area (Å²) in [5.74, 6) is 11.6. The third kappa shape index (κ3) is 1.18. The predicted molar refractivity (Wildman–Crippen MR) is 53.0 cm³/mol. The van der Waals surface area contributed by atoms with Crippen molar-refractivity contribution in [3.05, 3.63) is 11.4 Å². The minimum atomic E-state index is 0.551. The van der Waals surface area contributed by atoms with Crippen LogP contribution in [0, 0.1) is 0 Å². The second-order valence-corrected chi connectivity index (χ2v) is 3.27. The van der Waals surface area contributed by atoms with Crippen molar-refractivity contribution in [3.8, 4) is 0 Å². The number of rotatable bonds is 2. The van der Waals surface area contributed by atoms with Crippen LogP contribution in [-0.4, -0.2) is 10.2 Å². The summed E-state index contributed by atoms with van der Waals surface area (Å²) < 4.78 is 0.936. The highest BCUT2D eigenvalue weighted by Gasteiger charge is 2.07. The van der Waals surface area contributed by atoms with Crippen molar-refractivity contribution in [1.29, 1.82) is 0 Å². The number of anilines is 2. The Morgan fingerprint density at radius 3 is 2.54 bits per heavy atom. The highest BCUT2D eigenvalue weighted by molar-refractivity contribution is 7.17. The molecule has 2 heterocycles. The van der Waals surface area contributed by atoms with Gasteiger partial charge in [0.05, 0.1) is 4.70 Å². The molecule has 2 aromatic heterocycles. The maximum absolute atomic E-state index is 5.27. The standard InChI is InChI=1S/C6H8N6S/c7-9-5-3-1-2-13-4(3)6(10-8)12-11-5/h1-2H,7-8H2,(H,9,11)(H,10,12). The molecule has 0 spiro atoms. The Balaban J connectivity index is 2.74. The molecule has 0 aromatic carbocycles. The third-order valence-corrected chi connectivity index (χ3v) is 2.58. The monoisotopic (exact) mass is 196 g/mol. The molecule has 68 valence electrons. The van der Waals surface area contributed by atoms with Crippen LogP contribution in [-0.2, 0) is 0 Å². The predicted octanol–water partition coefficient (Wildman–Crippen LogP) is 0.262. The average molecular weight is 196 g/mol. The molecule has 0 radical (unpaired) electrons. The summed E-state index contributed by atoms with van der Waals surface area (Å²) in [7, 11) is 0. The first-order chi connectivity index (χ1) is 6.36. The summed E-state index contributed by atoms with van der Waals surface area (Å²) in [5, 5.41) is 10.5. The molecule has 2 aromatic rings. The largest absolute Gasteiger partial charge is 0.306 e. The van der Waals surface area contributed by atoms with Gasteiger partial charge in [-0.05, 0) is 11.4 Å². The fourth-order valence-corrected chi connectivity index (χ4v) is 1.92. The molecule has 6 N–H and O–H groups in total. The van der Waals surface area contributed by atoms with E-state index in [1.54, 1.807) is 0 Å². The Hall–Kier alpha value is -1.44. The van der Waals surface area contributed by atoms with Gasteiger partial charge in [-0.15, -0.1) is 21.5 Å². The molecule has 0 aliphatic heterocycles. The maximum Gasteiger partial charge on any atom is 0.180 e. The van der Waals surface area contributed by atoms with Crippen LogP contribution in [0.15, 0.2) is 11.4 Å². The van der Waals surface area contributed by atoms with Crippen LogP contribution in [0.4, 0.5) is 11.6 Å². The minimum absolute atomic E-state index is 0.551. The van der Waals surface area contributed by atoms with Crippen LogP contribution in [0.5, 0.6) is 0 Å². The van der Waals surface area contributed by atoms with Gasteiger partial charge >= 0.3 is 0 Å². The van der Waals surface area contributed by atoms with Crippen molar-refractivity contribution in [2.45, 2.75) is 0 Å². The molecular weight excluding hydrogens is 188 g/mol. The van der Waals surface area contributed by atoms with Crippen molar-refractivity contribution in [2.24, 2.45) is 11.7 Å². The van der Waals surface area contributed by atoms with Crippen LogP contribution < -0.4 is 22.5 Å². The first kappa shape index (κ1) is 8.17. The van der Waals surface area contributed by atoms with Crippen LogP contribution >= 0.6 is 11.3 Å². The SMILES string of the molecule is NNc1nnc(NN)c2sccc12. The molecule has 0 aliphatic carbocycles. The van der Waals surface area contributed by atoms with E-state index in [4.69, 9.17) is 11.7 Å². The van der Waals surface area contributed by atoms with E-state index in [9.17, 15) is 0 Å². The van der Waals surface area contributed by atoms with Crippen molar-refractivity contribution in [1.82, 2.24) is 10.2 Å². The topological polar surface area (TPSA) is 102 Å². The molecule has 0 bridgehead atoms. The van der Waals surface area contributed by atoms with E-state index in [0.717, 1.165) is 10.1 Å². The van der Waals surface area contributed by atoms with Crippen molar-refractivity contribution in [3.63, 3.8) is 0 Å². The van der Waals surface area contributed by atoms with Gasteiger partial charge in [0.25, 0.3) is 0 Å². The fourth-order valence-electron chi connectivity index (χ4n) is 1.08. The quantitative estimate of drug-likeness (QED) is 0.406. The van der Waals surface area contributed by atoms with E-state index in [1.165, 1.54) is 11.3 Å². The number of thiophene rings is 1. The number of hydrazine groups is 2. The van der Waals surface area contributed by atoms with Gasteiger partial charge in [0.1, 0.15) is 0 Å². The number of hydrogen-bond acceptors (Lipinski definition) is 7. The molecule has 0 amide bonds. The van der Waals surface area contributed by atoms with E-state index < -0.39 is 0 Å². The summed E-state index contributed by atoms with van der Waals surface area (Å²) in [6, 6.07) is 1.91. The van der Waals surface area contributed by atoms with Crippen LogP contribution in [0.1, 0.15) is 0 Å². The van der Waals surface area contributed by atoms with Gasteiger partial charge in [-0.25, -0.2) is 11.7 Å². The van der Waals surface area contributed by atoms with E-state index in [1.807, 2.05) is 11.4 Å². The molecule has 2 rings (SSSR count). The Labute approximate surface area is 77.9 Å². The van der Waals surface area contributed by atoms with Crippen molar-refractivity contribution in [2.75, 3.05) is 10.9 Å². The Bertz CT molecular complexity index is 386. The van der Waals surface area contributed by atoms with E-state index in [0.29, 0.717) is 11.6 Å². The minimum Gasteiger partial charge on any atom is -0.306 e. The lowest BCUT2D eigenvalue weighted by Gasteiger charge is -2.02. The molecule has 0 saturated carbocycles. The second kappa shape index (κ2) is 3.13. The summed E-state index contributed by atoms with van der Waals surface area (Å²) in [6.07, 6.45) is 0. The van der Waals surface area contributed by atoms with Crippen molar-refractivity contribution < 1.29 is 0 Å². The van der Waals surface area contributed by atoms with Gasteiger partial charge < -0.3 is 10.9 Å². The van der Waals surface area contributed by atoms with Gasteiger partial charge in [-0.3, -0.25) is 0 Å². The van der Waals surface area contributed by atoms with Crippen molar-refractivity contribution >= 4 is 33.1 Å². The number of nitrogen functional groups attached to an aromatic ring is 2.